The summed E-state index contributed by atoms with van der Waals surface area (Å²) in [6, 6.07) is 1.93. The van der Waals surface area contributed by atoms with Crippen LogP contribution >= 0.6 is 15.9 Å². The van der Waals surface area contributed by atoms with Crippen molar-refractivity contribution in [2.24, 2.45) is 0 Å². The van der Waals surface area contributed by atoms with E-state index in [0.717, 1.165) is 12.1 Å². The van der Waals surface area contributed by atoms with Crippen molar-refractivity contribution in [2.45, 2.75) is 13.3 Å². The highest BCUT2D eigenvalue weighted by Gasteiger charge is 2.06. The molecule has 0 fully saturated rings. The average Bonchev–Trinajstić information content (AvgIpc) is 2.20. The van der Waals surface area contributed by atoms with Crippen molar-refractivity contribution in [1.29, 1.82) is 0 Å². The van der Waals surface area contributed by atoms with E-state index in [-0.39, 0.29) is 15.9 Å². The predicted octanol–water partition coefficient (Wildman–Crippen LogP) is 2.61. The SMILES string of the molecule is CC(=O)NCCC#Cc1c(F)cc(F)cc1Br. The molecule has 0 unspecified atom stereocenters. The minimum atomic E-state index is -0.705. The van der Waals surface area contributed by atoms with Gasteiger partial charge in [-0.05, 0) is 22.0 Å². The van der Waals surface area contributed by atoms with Crippen molar-refractivity contribution in [2.75, 3.05) is 6.54 Å². The maximum Gasteiger partial charge on any atom is 0.216 e. The normalized spacial score (nSPS) is 9.41. The van der Waals surface area contributed by atoms with Crippen molar-refractivity contribution in [3.63, 3.8) is 0 Å². The molecule has 0 atom stereocenters. The highest BCUT2D eigenvalue weighted by Crippen LogP contribution is 2.20. The van der Waals surface area contributed by atoms with Crippen LogP contribution in [0.15, 0.2) is 16.6 Å². The van der Waals surface area contributed by atoms with Gasteiger partial charge in [0.15, 0.2) is 0 Å². The first-order valence-electron chi connectivity index (χ1n) is 4.88. The van der Waals surface area contributed by atoms with Crippen LogP contribution in [0.1, 0.15) is 18.9 Å². The zero-order valence-electron chi connectivity index (χ0n) is 9.11. The molecule has 17 heavy (non-hydrogen) atoms. The molecule has 1 aromatic carbocycles. The van der Waals surface area contributed by atoms with Crippen LogP contribution in [0.2, 0.25) is 0 Å². The summed E-state index contributed by atoms with van der Waals surface area (Å²) in [6.45, 7) is 1.81. The fourth-order valence-corrected chi connectivity index (χ4v) is 1.62. The van der Waals surface area contributed by atoms with E-state index in [4.69, 9.17) is 0 Å². The Morgan fingerprint density at radius 2 is 2.18 bits per heavy atom. The first kappa shape index (κ1) is 13.7. The Morgan fingerprint density at radius 3 is 2.76 bits per heavy atom. The van der Waals surface area contributed by atoms with Crippen LogP contribution in [0.3, 0.4) is 0 Å². The van der Waals surface area contributed by atoms with E-state index in [9.17, 15) is 13.6 Å². The molecule has 0 aliphatic carbocycles. The van der Waals surface area contributed by atoms with E-state index in [1.165, 1.54) is 6.92 Å². The Balaban J connectivity index is 2.69. The van der Waals surface area contributed by atoms with Gasteiger partial charge in [-0.3, -0.25) is 4.79 Å². The van der Waals surface area contributed by atoms with E-state index in [0.29, 0.717) is 13.0 Å². The van der Waals surface area contributed by atoms with Gasteiger partial charge in [0.25, 0.3) is 0 Å². The number of rotatable bonds is 2. The molecular weight excluding hydrogens is 292 g/mol. The molecule has 1 N–H and O–H groups in total. The minimum Gasteiger partial charge on any atom is -0.355 e. The smallest absolute Gasteiger partial charge is 0.216 e. The molecule has 1 rings (SSSR count). The lowest BCUT2D eigenvalue weighted by atomic mass is 10.2. The number of nitrogens with one attached hydrogen (secondary N) is 1. The van der Waals surface area contributed by atoms with Crippen molar-refractivity contribution < 1.29 is 13.6 Å². The molecule has 0 saturated carbocycles. The van der Waals surface area contributed by atoms with Crippen LogP contribution in [-0.2, 0) is 4.79 Å². The zero-order valence-corrected chi connectivity index (χ0v) is 10.7. The number of carbonyl (C=O) groups excluding carboxylic acids is 1. The molecule has 0 spiro atoms. The summed E-state index contributed by atoms with van der Waals surface area (Å²) in [5.41, 5.74) is 0.120. The number of hydrogen-bond donors (Lipinski definition) is 1. The summed E-state index contributed by atoms with van der Waals surface area (Å²) in [5, 5.41) is 2.56. The van der Waals surface area contributed by atoms with E-state index in [1.807, 2.05) is 0 Å². The van der Waals surface area contributed by atoms with Crippen LogP contribution < -0.4 is 5.32 Å². The number of halogens is 3. The molecule has 1 aromatic rings. The second-order valence-electron chi connectivity index (χ2n) is 3.28. The summed E-state index contributed by atoms with van der Waals surface area (Å²) in [5.74, 6) is 3.80. The first-order valence-corrected chi connectivity index (χ1v) is 5.68. The second-order valence-corrected chi connectivity index (χ2v) is 4.13. The Kier molecular flexibility index (Phi) is 5.11. The van der Waals surface area contributed by atoms with Gasteiger partial charge < -0.3 is 5.32 Å². The fourth-order valence-electron chi connectivity index (χ4n) is 1.11. The van der Waals surface area contributed by atoms with Crippen LogP contribution in [0.4, 0.5) is 8.78 Å². The Morgan fingerprint density at radius 1 is 1.47 bits per heavy atom. The van der Waals surface area contributed by atoms with Crippen molar-refractivity contribution in [1.82, 2.24) is 5.32 Å². The molecule has 2 nitrogen and oxygen atoms in total. The summed E-state index contributed by atoms with van der Waals surface area (Å²) >= 11 is 3.04. The summed E-state index contributed by atoms with van der Waals surface area (Å²) in [4.78, 5) is 10.6. The third-order valence-corrected chi connectivity index (χ3v) is 2.47. The molecule has 1 amide bonds. The third kappa shape index (κ3) is 4.53. The molecule has 0 bridgehead atoms. The van der Waals surface area contributed by atoms with E-state index in [1.54, 1.807) is 0 Å². The van der Waals surface area contributed by atoms with Crippen molar-refractivity contribution >= 4 is 21.8 Å². The first-order chi connectivity index (χ1) is 8.00. The van der Waals surface area contributed by atoms with Gasteiger partial charge in [0.2, 0.25) is 5.91 Å². The standard InChI is InChI=1S/C12H10BrF2NO/c1-8(17)16-5-3-2-4-10-11(13)6-9(14)7-12(10)15/h6-7H,3,5H2,1H3,(H,16,17). The fraction of sp³-hybridized carbons (Fsp3) is 0.250. The van der Waals surface area contributed by atoms with Crippen LogP contribution in [0.25, 0.3) is 0 Å². The van der Waals surface area contributed by atoms with Gasteiger partial charge in [-0.2, -0.15) is 0 Å². The summed E-state index contributed by atoms with van der Waals surface area (Å²) in [7, 11) is 0. The molecular formula is C12H10BrF2NO. The van der Waals surface area contributed by atoms with Gasteiger partial charge in [0.05, 0.1) is 5.56 Å². The van der Waals surface area contributed by atoms with Gasteiger partial charge in [-0.1, -0.05) is 11.8 Å². The molecule has 5 heteroatoms. The highest BCUT2D eigenvalue weighted by molar-refractivity contribution is 9.10. The lowest BCUT2D eigenvalue weighted by Gasteiger charge is -1.99. The van der Waals surface area contributed by atoms with Crippen molar-refractivity contribution in [3.8, 4) is 11.8 Å². The van der Waals surface area contributed by atoms with Gasteiger partial charge >= 0.3 is 0 Å². The predicted molar refractivity (Wildman–Crippen MR) is 64.2 cm³/mol. The van der Waals surface area contributed by atoms with E-state index in [2.05, 4.69) is 33.1 Å². The lowest BCUT2D eigenvalue weighted by molar-refractivity contribution is -0.118. The monoisotopic (exact) mass is 301 g/mol. The molecule has 0 radical (unpaired) electrons. The Hall–Kier alpha value is -1.41. The second kappa shape index (κ2) is 6.36. The van der Waals surface area contributed by atoms with E-state index >= 15 is 0 Å². The maximum absolute atomic E-state index is 13.3. The van der Waals surface area contributed by atoms with Crippen molar-refractivity contribution in [3.05, 3.63) is 33.8 Å². The molecule has 90 valence electrons. The van der Waals surface area contributed by atoms with Gasteiger partial charge in [0.1, 0.15) is 11.6 Å². The van der Waals surface area contributed by atoms with Crippen LogP contribution in [-0.4, -0.2) is 12.5 Å². The molecule has 0 aliphatic rings. The van der Waals surface area contributed by atoms with Crippen LogP contribution in [0.5, 0.6) is 0 Å². The number of carbonyl (C=O) groups is 1. The third-order valence-electron chi connectivity index (χ3n) is 1.84. The molecule has 0 aromatic heterocycles. The maximum atomic E-state index is 13.3. The van der Waals surface area contributed by atoms with Crippen LogP contribution in [0, 0.1) is 23.5 Å². The Bertz CT molecular complexity index is 468. The average molecular weight is 302 g/mol. The van der Waals surface area contributed by atoms with Gasteiger partial charge in [-0.15, -0.1) is 0 Å². The van der Waals surface area contributed by atoms with Gasteiger partial charge in [0, 0.05) is 30.4 Å². The lowest BCUT2D eigenvalue weighted by Crippen LogP contribution is -2.20. The number of hydrogen-bond acceptors (Lipinski definition) is 1. The number of amides is 1. The number of benzene rings is 1. The molecule has 0 heterocycles. The Labute approximate surface area is 107 Å². The zero-order chi connectivity index (χ0) is 12.8. The largest absolute Gasteiger partial charge is 0.355 e. The highest BCUT2D eigenvalue weighted by atomic mass is 79.9. The summed E-state index contributed by atoms with van der Waals surface area (Å²) < 4.78 is 26.4. The topological polar surface area (TPSA) is 29.1 Å². The summed E-state index contributed by atoms with van der Waals surface area (Å²) in [6.07, 6.45) is 0.406. The van der Waals surface area contributed by atoms with E-state index < -0.39 is 11.6 Å². The quantitative estimate of drug-likeness (QED) is 0.660. The minimum absolute atomic E-state index is 0.120. The molecule has 0 aliphatic heterocycles. The van der Waals surface area contributed by atoms with Gasteiger partial charge in [-0.25, -0.2) is 8.78 Å². The molecule has 0 saturated heterocycles.